The Morgan fingerprint density at radius 2 is 1.87 bits per heavy atom. The van der Waals surface area contributed by atoms with E-state index in [1.165, 1.54) is 10.4 Å². The molecule has 2 aromatic carbocycles. The highest BCUT2D eigenvalue weighted by Gasteiger charge is 2.40. The third-order valence-corrected chi connectivity index (χ3v) is 8.19. The number of benzene rings is 2. The van der Waals surface area contributed by atoms with Crippen LogP contribution in [0.2, 0.25) is 0 Å². The smallest absolute Gasteiger partial charge is 0.274 e. The van der Waals surface area contributed by atoms with Gasteiger partial charge < -0.3 is 5.32 Å². The van der Waals surface area contributed by atoms with Gasteiger partial charge in [-0.2, -0.15) is 4.31 Å². The van der Waals surface area contributed by atoms with Crippen molar-refractivity contribution in [2.24, 2.45) is 5.92 Å². The van der Waals surface area contributed by atoms with Crippen molar-refractivity contribution in [1.29, 1.82) is 0 Å². The minimum absolute atomic E-state index is 0.0120. The summed E-state index contributed by atoms with van der Waals surface area (Å²) in [5.41, 5.74) is 2.51. The number of nitro groups is 1. The predicted octanol–water partition coefficient (Wildman–Crippen LogP) is 4.45. The molecule has 1 N–H and O–H groups in total. The van der Waals surface area contributed by atoms with E-state index >= 15 is 0 Å². The van der Waals surface area contributed by atoms with Gasteiger partial charge in [0.15, 0.2) is 0 Å². The highest BCUT2D eigenvalue weighted by atomic mass is 32.2. The Bertz CT molecular complexity index is 1110. The highest BCUT2D eigenvalue weighted by Crippen LogP contribution is 2.51. The predicted molar refractivity (Wildman–Crippen MR) is 116 cm³/mol. The fourth-order valence-corrected chi connectivity index (χ4v) is 6.16. The number of nitro benzene ring substituents is 1. The molecule has 2 aromatic rings. The van der Waals surface area contributed by atoms with Crippen LogP contribution in [-0.2, 0) is 10.0 Å². The molecule has 30 heavy (non-hydrogen) atoms. The lowest BCUT2D eigenvalue weighted by Gasteiger charge is -2.37. The second kappa shape index (κ2) is 7.85. The van der Waals surface area contributed by atoms with Gasteiger partial charge in [-0.05, 0) is 36.1 Å². The van der Waals surface area contributed by atoms with Crippen molar-refractivity contribution in [3.05, 3.63) is 75.9 Å². The fraction of sp³-hybridized carbons (Fsp3) is 0.364. The fourth-order valence-electron chi connectivity index (χ4n) is 4.67. The molecule has 0 radical (unpaired) electrons. The van der Waals surface area contributed by atoms with Crippen molar-refractivity contribution in [2.45, 2.75) is 37.1 Å². The van der Waals surface area contributed by atoms with Crippen molar-refractivity contribution < 1.29 is 13.3 Å². The summed E-state index contributed by atoms with van der Waals surface area (Å²) in [6.07, 6.45) is 4.96. The van der Waals surface area contributed by atoms with Gasteiger partial charge in [0.2, 0.25) is 10.0 Å². The summed E-state index contributed by atoms with van der Waals surface area (Å²) >= 11 is 0. The Hall–Kier alpha value is -2.71. The normalized spacial score (nSPS) is 22.4. The average molecular weight is 428 g/mol. The van der Waals surface area contributed by atoms with E-state index in [0.29, 0.717) is 18.7 Å². The number of nitrogens with one attached hydrogen (secondary N) is 1. The van der Waals surface area contributed by atoms with E-state index in [0.717, 1.165) is 17.7 Å². The lowest BCUT2D eigenvalue weighted by atomic mass is 9.76. The summed E-state index contributed by atoms with van der Waals surface area (Å²) in [5, 5.41) is 15.0. The Labute approximate surface area is 176 Å². The van der Waals surface area contributed by atoms with Gasteiger partial charge in [-0.3, -0.25) is 10.1 Å². The van der Waals surface area contributed by atoms with Crippen molar-refractivity contribution in [2.75, 3.05) is 18.4 Å². The van der Waals surface area contributed by atoms with Crippen LogP contribution in [0.25, 0.3) is 0 Å². The molecule has 0 amide bonds. The minimum Gasteiger partial charge on any atom is -0.377 e. The lowest BCUT2D eigenvalue weighted by molar-refractivity contribution is -0.385. The second-order valence-corrected chi connectivity index (χ2v) is 9.57. The maximum Gasteiger partial charge on any atom is 0.274 e. The van der Waals surface area contributed by atoms with E-state index < -0.39 is 10.0 Å². The zero-order valence-corrected chi connectivity index (χ0v) is 17.8. The van der Waals surface area contributed by atoms with Crippen LogP contribution in [0, 0.1) is 16.0 Å². The highest BCUT2D eigenvalue weighted by molar-refractivity contribution is 7.89. The first-order chi connectivity index (χ1) is 14.4. The Kier molecular flexibility index (Phi) is 5.38. The van der Waals surface area contributed by atoms with Crippen LogP contribution in [0.5, 0.6) is 0 Å². The molecule has 7 nitrogen and oxygen atoms in total. The molecule has 0 bridgehead atoms. The minimum atomic E-state index is -3.55. The lowest BCUT2D eigenvalue weighted by Crippen LogP contribution is -2.32. The van der Waals surface area contributed by atoms with E-state index in [1.54, 1.807) is 30.3 Å². The zero-order chi connectivity index (χ0) is 21.5. The van der Waals surface area contributed by atoms with Gasteiger partial charge in [0, 0.05) is 30.8 Å². The molecule has 0 aromatic heterocycles. The van der Waals surface area contributed by atoms with Gasteiger partial charge in [0.25, 0.3) is 5.69 Å². The van der Waals surface area contributed by atoms with E-state index in [1.807, 2.05) is 19.9 Å². The largest absolute Gasteiger partial charge is 0.377 e. The maximum absolute atomic E-state index is 13.0. The molecule has 3 atom stereocenters. The summed E-state index contributed by atoms with van der Waals surface area (Å²) < 4.78 is 27.4. The molecule has 0 saturated carbocycles. The van der Waals surface area contributed by atoms with E-state index in [2.05, 4.69) is 17.5 Å². The zero-order valence-electron chi connectivity index (χ0n) is 17.0. The van der Waals surface area contributed by atoms with Crippen LogP contribution >= 0.6 is 0 Å². The molecule has 3 unspecified atom stereocenters. The SMILES string of the molecule is CCN(CC)S(=O)(=O)c1ccc2c(c1)C1C=CCC1C(c1ccccc1[N+](=O)[O-])N2. The molecule has 0 spiro atoms. The number of allylic oxidation sites excluding steroid dienone is 2. The summed E-state index contributed by atoms with van der Waals surface area (Å²) in [5.74, 6) is 0.0999. The maximum atomic E-state index is 13.0. The van der Waals surface area contributed by atoms with Gasteiger partial charge in [-0.15, -0.1) is 0 Å². The number of nitrogens with zero attached hydrogens (tertiary/aromatic N) is 2. The van der Waals surface area contributed by atoms with Crippen LogP contribution in [0.4, 0.5) is 11.4 Å². The number of rotatable bonds is 6. The molecule has 1 aliphatic heterocycles. The second-order valence-electron chi connectivity index (χ2n) is 7.63. The first kappa shape index (κ1) is 20.6. The quantitative estimate of drug-likeness (QED) is 0.418. The monoisotopic (exact) mass is 427 g/mol. The van der Waals surface area contributed by atoms with Crippen molar-refractivity contribution in [3.8, 4) is 0 Å². The number of sulfonamides is 1. The summed E-state index contributed by atoms with van der Waals surface area (Å²) in [6, 6.07) is 11.8. The molecular weight excluding hydrogens is 402 g/mol. The van der Waals surface area contributed by atoms with E-state index in [4.69, 9.17) is 0 Å². The topological polar surface area (TPSA) is 92.5 Å². The van der Waals surface area contributed by atoms with Gasteiger partial charge in [-0.1, -0.05) is 44.2 Å². The van der Waals surface area contributed by atoms with Gasteiger partial charge in [-0.25, -0.2) is 8.42 Å². The first-order valence-electron chi connectivity index (χ1n) is 10.2. The van der Waals surface area contributed by atoms with E-state index in [-0.39, 0.29) is 33.4 Å². The molecule has 1 aliphatic carbocycles. The van der Waals surface area contributed by atoms with Gasteiger partial charge in [0.1, 0.15) is 0 Å². The Morgan fingerprint density at radius 1 is 1.13 bits per heavy atom. The van der Waals surface area contributed by atoms with Crippen LogP contribution in [0.15, 0.2) is 59.5 Å². The third kappa shape index (κ3) is 3.30. The van der Waals surface area contributed by atoms with Crippen LogP contribution in [0.3, 0.4) is 0 Å². The summed E-state index contributed by atoms with van der Waals surface area (Å²) in [7, 11) is -3.55. The van der Waals surface area contributed by atoms with Crippen molar-refractivity contribution in [3.63, 3.8) is 0 Å². The van der Waals surface area contributed by atoms with Crippen LogP contribution < -0.4 is 5.32 Å². The number of para-hydroxylation sites is 1. The number of hydrogen-bond acceptors (Lipinski definition) is 5. The average Bonchev–Trinajstić information content (AvgIpc) is 3.23. The summed E-state index contributed by atoms with van der Waals surface area (Å²) in [4.78, 5) is 11.5. The molecule has 4 rings (SSSR count). The number of hydrogen-bond donors (Lipinski definition) is 1. The molecular formula is C22H25N3O4S. The van der Waals surface area contributed by atoms with E-state index in [9.17, 15) is 18.5 Å². The molecule has 0 fully saturated rings. The van der Waals surface area contributed by atoms with Gasteiger partial charge in [0.05, 0.1) is 21.4 Å². The molecule has 2 aliphatic rings. The summed E-state index contributed by atoms with van der Waals surface area (Å²) in [6.45, 7) is 4.49. The first-order valence-corrected chi connectivity index (χ1v) is 11.6. The third-order valence-electron chi connectivity index (χ3n) is 6.15. The molecule has 0 saturated heterocycles. The van der Waals surface area contributed by atoms with Crippen LogP contribution in [0.1, 0.15) is 43.4 Å². The molecule has 1 heterocycles. The Morgan fingerprint density at radius 3 is 2.57 bits per heavy atom. The van der Waals surface area contributed by atoms with Gasteiger partial charge >= 0.3 is 0 Å². The Balaban J connectivity index is 1.78. The van der Waals surface area contributed by atoms with Crippen LogP contribution in [-0.4, -0.2) is 30.7 Å². The number of anilines is 1. The van der Waals surface area contributed by atoms with Crippen molar-refractivity contribution in [1.82, 2.24) is 4.31 Å². The van der Waals surface area contributed by atoms with Crippen molar-refractivity contribution >= 4 is 21.4 Å². The number of fused-ring (bicyclic) bond motifs is 3. The molecule has 8 heteroatoms. The standard InChI is InChI=1S/C22H25N3O4S/c1-3-24(4-2)30(28,29)15-12-13-20-19(14-15)16-9-7-10-17(16)22(23-20)18-8-5-6-11-21(18)25(26)27/h5-9,11-14,16-17,22-23H,3-4,10H2,1-2H3. The molecule has 158 valence electrons.